The molecule has 0 aromatic carbocycles. The van der Waals surface area contributed by atoms with Gasteiger partial charge in [0.05, 0.1) is 27.7 Å². The number of hydrogen-bond donors (Lipinski definition) is 0. The van der Waals surface area contributed by atoms with Gasteiger partial charge in [-0.25, -0.2) is 0 Å². The smallest absolute Gasteiger partial charge is 0.0809 e. The van der Waals surface area contributed by atoms with Crippen LogP contribution in [0.1, 0.15) is 20.3 Å². The highest BCUT2D eigenvalue weighted by Gasteiger charge is 2.12. The molecular weight excluding hydrogens is 134 g/mol. The third-order valence-corrected chi connectivity index (χ3v) is 1.56. The second kappa shape index (κ2) is 3.91. The number of allylic oxidation sites excluding steroid dienone is 1. The molecule has 0 aliphatic heterocycles. The van der Waals surface area contributed by atoms with Crippen molar-refractivity contribution < 1.29 is 4.48 Å². The Morgan fingerprint density at radius 1 is 1.36 bits per heavy atom. The standard InChI is InChI=1S/C10H22N/c1-9(2)7-10(3)8-11(4,5)6/h10H,1,7-8H2,2-6H3/q+1. The fourth-order valence-corrected chi connectivity index (χ4v) is 1.59. The van der Waals surface area contributed by atoms with Gasteiger partial charge in [0.15, 0.2) is 0 Å². The molecule has 0 spiro atoms. The summed E-state index contributed by atoms with van der Waals surface area (Å²) in [6.07, 6.45) is 1.16. The molecule has 1 nitrogen and oxygen atoms in total. The minimum absolute atomic E-state index is 0.757. The lowest BCUT2D eigenvalue weighted by atomic mass is 10.0. The molecule has 0 aliphatic rings. The Bertz CT molecular complexity index is 130. The Morgan fingerprint density at radius 2 is 1.82 bits per heavy atom. The van der Waals surface area contributed by atoms with E-state index in [1.54, 1.807) is 0 Å². The quantitative estimate of drug-likeness (QED) is 0.433. The van der Waals surface area contributed by atoms with E-state index in [1.807, 2.05) is 0 Å². The van der Waals surface area contributed by atoms with E-state index < -0.39 is 0 Å². The lowest BCUT2D eigenvalue weighted by molar-refractivity contribution is -0.873. The summed E-state index contributed by atoms with van der Waals surface area (Å²) in [6, 6.07) is 0. The predicted molar refractivity (Wildman–Crippen MR) is 51.5 cm³/mol. The fourth-order valence-electron chi connectivity index (χ4n) is 1.59. The molecule has 0 N–H and O–H groups in total. The van der Waals surface area contributed by atoms with Crippen LogP contribution in [0, 0.1) is 5.92 Å². The topological polar surface area (TPSA) is 0 Å². The maximum Gasteiger partial charge on any atom is 0.0809 e. The maximum absolute atomic E-state index is 3.92. The van der Waals surface area contributed by atoms with E-state index in [9.17, 15) is 0 Å². The van der Waals surface area contributed by atoms with E-state index in [2.05, 4.69) is 41.6 Å². The second-order valence-electron chi connectivity index (χ2n) is 4.74. The van der Waals surface area contributed by atoms with E-state index in [4.69, 9.17) is 0 Å². The van der Waals surface area contributed by atoms with Gasteiger partial charge in [0.25, 0.3) is 0 Å². The van der Waals surface area contributed by atoms with Gasteiger partial charge < -0.3 is 4.48 Å². The molecule has 0 aromatic rings. The molecule has 0 aliphatic carbocycles. The van der Waals surface area contributed by atoms with Gasteiger partial charge in [-0.1, -0.05) is 12.5 Å². The molecule has 0 fully saturated rings. The van der Waals surface area contributed by atoms with E-state index in [1.165, 1.54) is 12.1 Å². The summed E-state index contributed by atoms with van der Waals surface area (Å²) >= 11 is 0. The van der Waals surface area contributed by atoms with Crippen LogP contribution in [0.5, 0.6) is 0 Å². The summed E-state index contributed by atoms with van der Waals surface area (Å²) in [5.74, 6) is 0.757. The second-order valence-corrected chi connectivity index (χ2v) is 4.74. The van der Waals surface area contributed by atoms with Crippen LogP contribution in [0.3, 0.4) is 0 Å². The summed E-state index contributed by atoms with van der Waals surface area (Å²) in [4.78, 5) is 0. The third-order valence-electron chi connectivity index (χ3n) is 1.56. The predicted octanol–water partition coefficient (Wildman–Crippen LogP) is 2.29. The summed E-state index contributed by atoms with van der Waals surface area (Å²) in [5.41, 5.74) is 1.30. The van der Waals surface area contributed by atoms with Gasteiger partial charge in [0.2, 0.25) is 0 Å². The first-order chi connectivity index (χ1) is 4.81. The first-order valence-electron chi connectivity index (χ1n) is 4.26. The maximum atomic E-state index is 3.92. The first-order valence-corrected chi connectivity index (χ1v) is 4.26. The molecule has 0 saturated heterocycles. The molecule has 11 heavy (non-hydrogen) atoms. The van der Waals surface area contributed by atoms with Gasteiger partial charge in [0.1, 0.15) is 0 Å². The molecular formula is C10H22N+. The zero-order valence-corrected chi connectivity index (χ0v) is 8.65. The average molecular weight is 156 g/mol. The van der Waals surface area contributed by atoms with Crippen molar-refractivity contribution in [2.24, 2.45) is 5.92 Å². The van der Waals surface area contributed by atoms with E-state index in [0.717, 1.165) is 16.8 Å². The number of rotatable bonds is 4. The Kier molecular flexibility index (Phi) is 3.81. The van der Waals surface area contributed by atoms with Crippen molar-refractivity contribution in [1.29, 1.82) is 0 Å². The van der Waals surface area contributed by atoms with E-state index in [0.29, 0.717) is 0 Å². The molecule has 1 heteroatoms. The summed E-state index contributed by atoms with van der Waals surface area (Å²) in [7, 11) is 6.69. The van der Waals surface area contributed by atoms with Crippen LogP contribution in [-0.4, -0.2) is 32.2 Å². The van der Waals surface area contributed by atoms with Crippen LogP contribution >= 0.6 is 0 Å². The molecule has 1 unspecified atom stereocenters. The number of hydrogen-bond acceptors (Lipinski definition) is 0. The molecule has 66 valence electrons. The lowest BCUT2D eigenvalue weighted by Crippen LogP contribution is -2.38. The van der Waals surface area contributed by atoms with Crippen LogP contribution in [0.25, 0.3) is 0 Å². The highest BCUT2D eigenvalue weighted by atomic mass is 15.3. The Labute approximate surface area is 71.3 Å². The zero-order chi connectivity index (χ0) is 9.07. The minimum Gasteiger partial charge on any atom is -0.331 e. The molecule has 0 saturated carbocycles. The molecule has 1 atom stereocenters. The average Bonchev–Trinajstić information content (AvgIpc) is 1.53. The van der Waals surface area contributed by atoms with Gasteiger partial charge in [-0.15, -0.1) is 6.58 Å². The van der Waals surface area contributed by atoms with Crippen molar-refractivity contribution in [1.82, 2.24) is 0 Å². The normalized spacial score (nSPS) is 14.6. The minimum atomic E-state index is 0.757. The number of nitrogens with zero attached hydrogens (tertiary/aromatic N) is 1. The molecule has 0 rings (SSSR count). The first kappa shape index (κ1) is 10.7. The summed E-state index contributed by atoms with van der Waals surface area (Å²) < 4.78 is 1.05. The van der Waals surface area contributed by atoms with Crippen molar-refractivity contribution in [3.05, 3.63) is 12.2 Å². The van der Waals surface area contributed by atoms with Crippen LogP contribution in [-0.2, 0) is 0 Å². The molecule has 0 aromatic heterocycles. The third kappa shape index (κ3) is 7.60. The van der Waals surface area contributed by atoms with Gasteiger partial charge in [-0.2, -0.15) is 0 Å². The van der Waals surface area contributed by atoms with Crippen molar-refractivity contribution >= 4 is 0 Å². The van der Waals surface area contributed by atoms with Crippen molar-refractivity contribution in [2.45, 2.75) is 20.3 Å². The van der Waals surface area contributed by atoms with Gasteiger partial charge in [-0.05, 0) is 13.3 Å². The van der Waals surface area contributed by atoms with Crippen LogP contribution in [0.2, 0.25) is 0 Å². The molecule has 0 radical (unpaired) electrons. The van der Waals surface area contributed by atoms with Crippen molar-refractivity contribution in [3.8, 4) is 0 Å². The van der Waals surface area contributed by atoms with Crippen LogP contribution in [0.4, 0.5) is 0 Å². The lowest BCUT2D eigenvalue weighted by Gasteiger charge is -2.27. The van der Waals surface area contributed by atoms with Crippen molar-refractivity contribution in [3.63, 3.8) is 0 Å². The van der Waals surface area contributed by atoms with Crippen LogP contribution in [0.15, 0.2) is 12.2 Å². The SMILES string of the molecule is C=C(C)CC(C)C[N+](C)(C)C. The van der Waals surface area contributed by atoms with Crippen LogP contribution < -0.4 is 0 Å². The fraction of sp³-hybridized carbons (Fsp3) is 0.800. The summed E-state index contributed by atoms with van der Waals surface area (Å²) in [5, 5.41) is 0. The Morgan fingerprint density at radius 3 is 2.09 bits per heavy atom. The summed E-state index contributed by atoms with van der Waals surface area (Å²) in [6.45, 7) is 9.54. The van der Waals surface area contributed by atoms with E-state index >= 15 is 0 Å². The highest BCUT2D eigenvalue weighted by molar-refractivity contribution is 4.89. The molecule has 0 bridgehead atoms. The number of quaternary nitrogens is 1. The Balaban J connectivity index is 3.69. The van der Waals surface area contributed by atoms with Crippen molar-refractivity contribution in [2.75, 3.05) is 27.7 Å². The van der Waals surface area contributed by atoms with Gasteiger partial charge in [-0.3, -0.25) is 0 Å². The molecule has 0 amide bonds. The zero-order valence-electron chi connectivity index (χ0n) is 8.65. The Hall–Kier alpha value is -0.300. The molecule has 0 heterocycles. The monoisotopic (exact) mass is 156 g/mol. The highest BCUT2D eigenvalue weighted by Crippen LogP contribution is 2.11. The van der Waals surface area contributed by atoms with Gasteiger partial charge in [0, 0.05) is 5.92 Å². The van der Waals surface area contributed by atoms with Gasteiger partial charge >= 0.3 is 0 Å². The van der Waals surface area contributed by atoms with E-state index in [-0.39, 0.29) is 0 Å². The largest absolute Gasteiger partial charge is 0.331 e.